The van der Waals surface area contributed by atoms with Crippen molar-refractivity contribution in [3.05, 3.63) is 24.3 Å². The number of fused-ring (bicyclic) bond motifs is 1. The number of nitrogens with two attached hydrogens (primary N) is 1. The van der Waals surface area contributed by atoms with E-state index in [-0.39, 0.29) is 0 Å². The maximum absolute atomic E-state index is 6.17. The average molecular weight is 273 g/mol. The lowest BCUT2D eigenvalue weighted by Gasteiger charge is -2.44. The molecule has 3 heteroatoms. The Morgan fingerprint density at radius 3 is 2.45 bits per heavy atom. The molecule has 0 atom stereocenters. The third kappa shape index (κ3) is 2.51. The van der Waals surface area contributed by atoms with E-state index in [0.29, 0.717) is 5.41 Å². The lowest BCUT2D eigenvalue weighted by molar-refractivity contribution is 0.203. The van der Waals surface area contributed by atoms with Crippen LogP contribution in [-0.2, 0) is 0 Å². The third-order valence-corrected chi connectivity index (χ3v) is 5.21. The summed E-state index contributed by atoms with van der Waals surface area (Å²) in [5, 5.41) is 0. The van der Waals surface area contributed by atoms with Gasteiger partial charge in [0.15, 0.2) is 0 Å². The van der Waals surface area contributed by atoms with Gasteiger partial charge >= 0.3 is 0 Å². The number of hydrogen-bond donors (Lipinski definition) is 1. The Kier molecular flexibility index (Phi) is 3.88. The van der Waals surface area contributed by atoms with Gasteiger partial charge in [-0.15, -0.1) is 0 Å². The zero-order valence-electron chi connectivity index (χ0n) is 12.6. The fourth-order valence-electron chi connectivity index (χ4n) is 3.86. The van der Waals surface area contributed by atoms with Crippen LogP contribution in [0.2, 0.25) is 0 Å². The van der Waals surface area contributed by atoms with E-state index in [0.717, 1.165) is 26.2 Å². The van der Waals surface area contributed by atoms with E-state index in [1.54, 1.807) is 0 Å². The van der Waals surface area contributed by atoms with Crippen LogP contribution in [0.5, 0.6) is 0 Å². The van der Waals surface area contributed by atoms with Gasteiger partial charge < -0.3 is 15.5 Å². The number of hydrogen-bond acceptors (Lipinski definition) is 3. The van der Waals surface area contributed by atoms with Crippen LogP contribution in [0.1, 0.15) is 32.1 Å². The molecule has 1 fully saturated rings. The minimum absolute atomic E-state index is 0.348. The summed E-state index contributed by atoms with van der Waals surface area (Å²) in [6.45, 7) is 4.20. The van der Waals surface area contributed by atoms with Crippen molar-refractivity contribution in [2.45, 2.75) is 32.1 Å². The van der Waals surface area contributed by atoms with Crippen LogP contribution in [0.3, 0.4) is 0 Å². The van der Waals surface area contributed by atoms with Crippen LogP contribution in [-0.4, -0.2) is 33.2 Å². The highest BCUT2D eigenvalue weighted by Crippen LogP contribution is 2.39. The summed E-state index contributed by atoms with van der Waals surface area (Å²) in [5.41, 5.74) is 9.27. The molecule has 1 saturated carbocycles. The van der Waals surface area contributed by atoms with Gasteiger partial charge in [0, 0.05) is 32.1 Å². The molecule has 3 nitrogen and oxygen atoms in total. The minimum atomic E-state index is 0.348. The molecule has 1 aromatic carbocycles. The first kappa shape index (κ1) is 13.7. The molecule has 0 amide bonds. The van der Waals surface area contributed by atoms with E-state index in [4.69, 9.17) is 5.73 Å². The largest absolute Gasteiger partial charge is 0.371 e. The van der Waals surface area contributed by atoms with Gasteiger partial charge in [-0.05, 0) is 31.5 Å². The quantitative estimate of drug-likeness (QED) is 0.919. The molecule has 0 spiro atoms. The van der Waals surface area contributed by atoms with Crippen molar-refractivity contribution >= 4 is 11.4 Å². The molecule has 0 unspecified atom stereocenters. The Hall–Kier alpha value is -1.22. The Balaban J connectivity index is 1.82. The Morgan fingerprint density at radius 2 is 1.75 bits per heavy atom. The highest BCUT2D eigenvalue weighted by molar-refractivity contribution is 5.73. The molecule has 0 radical (unpaired) electrons. The van der Waals surface area contributed by atoms with Gasteiger partial charge in [-0.2, -0.15) is 0 Å². The molecule has 0 saturated heterocycles. The highest BCUT2D eigenvalue weighted by Gasteiger charge is 2.34. The van der Waals surface area contributed by atoms with Gasteiger partial charge in [0.25, 0.3) is 0 Å². The fraction of sp³-hybridized carbons (Fsp3) is 0.647. The lowest BCUT2D eigenvalue weighted by atomic mass is 9.73. The van der Waals surface area contributed by atoms with Crippen LogP contribution < -0.4 is 15.5 Å². The molecule has 110 valence electrons. The normalized spacial score (nSPS) is 21.7. The predicted octanol–water partition coefficient (Wildman–Crippen LogP) is 2.85. The van der Waals surface area contributed by atoms with Crippen molar-refractivity contribution in [1.29, 1.82) is 0 Å². The number of para-hydroxylation sites is 2. The van der Waals surface area contributed by atoms with Crippen molar-refractivity contribution in [1.82, 2.24) is 0 Å². The summed E-state index contributed by atoms with van der Waals surface area (Å²) in [4.78, 5) is 4.94. The Labute approximate surface area is 122 Å². The summed E-state index contributed by atoms with van der Waals surface area (Å²) in [6.07, 6.45) is 6.70. The van der Waals surface area contributed by atoms with Crippen LogP contribution >= 0.6 is 0 Å². The zero-order chi connectivity index (χ0) is 14.0. The second kappa shape index (κ2) is 5.65. The number of rotatable bonds is 3. The maximum atomic E-state index is 6.17. The monoisotopic (exact) mass is 273 g/mol. The fourth-order valence-corrected chi connectivity index (χ4v) is 3.86. The molecule has 2 aliphatic rings. The predicted molar refractivity (Wildman–Crippen MR) is 86.5 cm³/mol. The summed E-state index contributed by atoms with van der Waals surface area (Å²) in [7, 11) is 2.19. The Bertz CT molecular complexity index is 451. The van der Waals surface area contributed by atoms with E-state index in [9.17, 15) is 0 Å². The topological polar surface area (TPSA) is 32.5 Å². The first-order chi connectivity index (χ1) is 9.74. The van der Waals surface area contributed by atoms with E-state index in [2.05, 4.69) is 41.1 Å². The van der Waals surface area contributed by atoms with Crippen LogP contribution in [0.4, 0.5) is 11.4 Å². The molecule has 2 N–H and O–H groups in total. The molecule has 1 aliphatic heterocycles. The van der Waals surface area contributed by atoms with Gasteiger partial charge in [-0.1, -0.05) is 31.4 Å². The zero-order valence-corrected chi connectivity index (χ0v) is 12.6. The SMILES string of the molecule is CN1CCN(CC2(CN)CCCCC2)c2ccccc21. The van der Waals surface area contributed by atoms with Crippen molar-refractivity contribution in [2.24, 2.45) is 11.1 Å². The van der Waals surface area contributed by atoms with Gasteiger partial charge in [0.2, 0.25) is 0 Å². The molecule has 0 bridgehead atoms. The van der Waals surface area contributed by atoms with Gasteiger partial charge in [0.1, 0.15) is 0 Å². The highest BCUT2D eigenvalue weighted by atomic mass is 15.3. The van der Waals surface area contributed by atoms with Crippen LogP contribution in [0, 0.1) is 5.41 Å². The number of benzene rings is 1. The standard InChI is InChI=1S/C17H27N3/c1-19-11-12-20(16-8-4-3-7-15(16)19)14-17(13-18)9-5-2-6-10-17/h3-4,7-8H,2,5-6,9-14,18H2,1H3. The molecular formula is C17H27N3. The second-order valence-corrected chi connectivity index (χ2v) is 6.60. The smallest absolute Gasteiger partial charge is 0.0604 e. The number of anilines is 2. The van der Waals surface area contributed by atoms with Crippen molar-refractivity contribution in [3.63, 3.8) is 0 Å². The third-order valence-electron chi connectivity index (χ3n) is 5.21. The van der Waals surface area contributed by atoms with Gasteiger partial charge in [-0.25, -0.2) is 0 Å². The van der Waals surface area contributed by atoms with Gasteiger partial charge in [-0.3, -0.25) is 0 Å². The Morgan fingerprint density at radius 1 is 1.05 bits per heavy atom. The van der Waals surface area contributed by atoms with Crippen molar-refractivity contribution in [3.8, 4) is 0 Å². The molecule has 1 aliphatic carbocycles. The number of likely N-dealkylation sites (N-methyl/N-ethyl adjacent to an activating group) is 1. The van der Waals surface area contributed by atoms with E-state index in [1.807, 2.05) is 0 Å². The molecular weight excluding hydrogens is 246 g/mol. The van der Waals surface area contributed by atoms with Gasteiger partial charge in [0.05, 0.1) is 11.4 Å². The molecule has 3 rings (SSSR count). The minimum Gasteiger partial charge on any atom is -0.371 e. The van der Waals surface area contributed by atoms with Crippen molar-refractivity contribution < 1.29 is 0 Å². The van der Waals surface area contributed by atoms with E-state index < -0.39 is 0 Å². The molecule has 20 heavy (non-hydrogen) atoms. The lowest BCUT2D eigenvalue weighted by Crippen LogP contribution is -2.48. The van der Waals surface area contributed by atoms with Crippen LogP contribution in [0.25, 0.3) is 0 Å². The second-order valence-electron chi connectivity index (χ2n) is 6.60. The molecule has 0 aromatic heterocycles. The summed E-state index contributed by atoms with van der Waals surface area (Å²) in [6, 6.07) is 8.79. The van der Waals surface area contributed by atoms with Crippen LogP contribution in [0.15, 0.2) is 24.3 Å². The summed E-state index contributed by atoms with van der Waals surface area (Å²) >= 11 is 0. The summed E-state index contributed by atoms with van der Waals surface area (Å²) < 4.78 is 0. The molecule has 1 heterocycles. The molecule has 1 aromatic rings. The number of nitrogens with zero attached hydrogens (tertiary/aromatic N) is 2. The van der Waals surface area contributed by atoms with E-state index >= 15 is 0 Å². The first-order valence-corrected chi connectivity index (χ1v) is 7.99. The maximum Gasteiger partial charge on any atom is 0.0604 e. The average Bonchev–Trinajstić information content (AvgIpc) is 2.51. The first-order valence-electron chi connectivity index (χ1n) is 7.99. The van der Waals surface area contributed by atoms with E-state index in [1.165, 1.54) is 43.5 Å². The summed E-state index contributed by atoms with van der Waals surface area (Å²) in [5.74, 6) is 0. The van der Waals surface area contributed by atoms with Crippen molar-refractivity contribution in [2.75, 3.05) is 43.0 Å².